The van der Waals surface area contributed by atoms with Crippen LogP contribution in [0.2, 0.25) is 0 Å². The fourth-order valence-corrected chi connectivity index (χ4v) is 6.44. The van der Waals surface area contributed by atoms with Crippen LogP contribution in [0.5, 0.6) is 0 Å². The highest BCUT2D eigenvalue weighted by Crippen LogP contribution is 2.47. The summed E-state index contributed by atoms with van der Waals surface area (Å²) in [5.74, 6) is 0. The van der Waals surface area contributed by atoms with Crippen LogP contribution in [0.3, 0.4) is 0 Å². The molecule has 7 aromatic carbocycles. The van der Waals surface area contributed by atoms with Crippen LogP contribution < -0.4 is 0 Å². The molecule has 0 bridgehead atoms. The Bertz CT molecular complexity index is 2150. The van der Waals surface area contributed by atoms with Crippen LogP contribution in [0, 0.1) is 0 Å². The highest BCUT2D eigenvalue weighted by molar-refractivity contribution is 9.10. The summed E-state index contributed by atoms with van der Waals surface area (Å²) >= 11 is 3.67. The van der Waals surface area contributed by atoms with E-state index in [1.807, 2.05) is 12.1 Å². The van der Waals surface area contributed by atoms with Gasteiger partial charge in [-0.3, -0.25) is 0 Å². The molecule has 1 aromatic heterocycles. The second-order valence-electron chi connectivity index (χ2n) is 9.82. The third-order valence-electron chi connectivity index (χ3n) is 7.70. The Hall–Kier alpha value is -4.40. The highest BCUT2D eigenvalue weighted by Gasteiger charge is 2.20. The largest absolute Gasteiger partial charge is 0.456 e. The molecule has 0 unspecified atom stereocenters. The second-order valence-corrected chi connectivity index (χ2v) is 10.7. The molecule has 1 heterocycles. The lowest BCUT2D eigenvalue weighted by Gasteiger charge is -2.18. The van der Waals surface area contributed by atoms with Crippen molar-refractivity contribution in [1.82, 2.24) is 0 Å². The Morgan fingerprint density at radius 3 is 1.84 bits per heavy atom. The lowest BCUT2D eigenvalue weighted by Crippen LogP contribution is -1.91. The summed E-state index contributed by atoms with van der Waals surface area (Å²) in [6.07, 6.45) is 0. The smallest absolute Gasteiger partial charge is 0.136 e. The molecule has 0 saturated heterocycles. The zero-order chi connectivity index (χ0) is 25.2. The first-order valence-electron chi connectivity index (χ1n) is 12.8. The van der Waals surface area contributed by atoms with Gasteiger partial charge in [-0.05, 0) is 84.9 Å². The minimum atomic E-state index is 0.900. The Morgan fingerprint density at radius 1 is 0.447 bits per heavy atom. The molecular formula is C36H21BrO. The SMILES string of the molecule is Brc1ccc2oc3cccc(-c4c5ccccc5c(-c5ccc6ccccc6c5)c5ccccc45)c3c2c1. The van der Waals surface area contributed by atoms with Crippen molar-refractivity contribution >= 4 is 70.2 Å². The first-order valence-corrected chi connectivity index (χ1v) is 13.6. The van der Waals surface area contributed by atoms with Gasteiger partial charge in [0.15, 0.2) is 0 Å². The van der Waals surface area contributed by atoms with E-state index in [9.17, 15) is 0 Å². The Morgan fingerprint density at radius 2 is 1.11 bits per heavy atom. The van der Waals surface area contributed by atoms with Crippen molar-refractivity contribution in [2.45, 2.75) is 0 Å². The van der Waals surface area contributed by atoms with Gasteiger partial charge in [-0.25, -0.2) is 0 Å². The van der Waals surface area contributed by atoms with E-state index < -0.39 is 0 Å². The van der Waals surface area contributed by atoms with Crippen LogP contribution in [-0.2, 0) is 0 Å². The van der Waals surface area contributed by atoms with Crippen LogP contribution in [0.15, 0.2) is 136 Å². The van der Waals surface area contributed by atoms with E-state index >= 15 is 0 Å². The number of halogens is 1. The summed E-state index contributed by atoms with van der Waals surface area (Å²) < 4.78 is 7.35. The maximum Gasteiger partial charge on any atom is 0.136 e. The number of hydrogen-bond acceptors (Lipinski definition) is 1. The molecule has 0 radical (unpaired) electrons. The Balaban J connectivity index is 1.54. The van der Waals surface area contributed by atoms with Crippen LogP contribution in [0.25, 0.3) is 76.5 Å². The summed E-state index contributed by atoms with van der Waals surface area (Å²) in [7, 11) is 0. The van der Waals surface area contributed by atoms with E-state index in [4.69, 9.17) is 4.42 Å². The summed E-state index contributed by atoms with van der Waals surface area (Å²) in [5.41, 5.74) is 6.75. The molecule has 0 atom stereocenters. The average Bonchev–Trinajstić information content (AvgIpc) is 3.34. The van der Waals surface area contributed by atoms with E-state index in [0.717, 1.165) is 26.4 Å². The van der Waals surface area contributed by atoms with Gasteiger partial charge in [0.05, 0.1) is 0 Å². The lowest BCUT2D eigenvalue weighted by molar-refractivity contribution is 0.669. The Labute approximate surface area is 228 Å². The van der Waals surface area contributed by atoms with Gasteiger partial charge >= 0.3 is 0 Å². The van der Waals surface area contributed by atoms with E-state index in [2.05, 4.69) is 131 Å². The fraction of sp³-hybridized carbons (Fsp3) is 0. The van der Waals surface area contributed by atoms with Crippen molar-refractivity contribution in [3.63, 3.8) is 0 Å². The summed E-state index contributed by atoms with van der Waals surface area (Å²) in [5, 5.41) is 9.77. The number of fused-ring (bicyclic) bond motifs is 6. The van der Waals surface area contributed by atoms with E-state index in [-0.39, 0.29) is 0 Å². The number of rotatable bonds is 2. The standard InChI is InChI=1S/C36H21BrO/c37-25-18-19-32-31(21-25)36-30(14-7-15-33(36)38-32)35-28-12-5-3-10-26(28)34(27-11-4-6-13-29(27)35)24-17-16-22-8-1-2-9-23(22)20-24/h1-21H. The van der Waals surface area contributed by atoms with E-state index in [1.165, 1.54) is 54.6 Å². The van der Waals surface area contributed by atoms with Crippen molar-refractivity contribution in [2.24, 2.45) is 0 Å². The van der Waals surface area contributed by atoms with Crippen molar-refractivity contribution in [3.8, 4) is 22.3 Å². The van der Waals surface area contributed by atoms with Crippen molar-refractivity contribution in [3.05, 3.63) is 132 Å². The van der Waals surface area contributed by atoms with Crippen LogP contribution in [0.4, 0.5) is 0 Å². The molecule has 38 heavy (non-hydrogen) atoms. The molecule has 1 nitrogen and oxygen atoms in total. The molecule has 0 aliphatic rings. The fourth-order valence-electron chi connectivity index (χ4n) is 6.08. The van der Waals surface area contributed by atoms with Gasteiger partial charge in [-0.1, -0.05) is 113 Å². The minimum absolute atomic E-state index is 0.900. The Kier molecular flexibility index (Phi) is 4.74. The van der Waals surface area contributed by atoms with Gasteiger partial charge < -0.3 is 4.42 Å². The van der Waals surface area contributed by atoms with Crippen LogP contribution in [-0.4, -0.2) is 0 Å². The average molecular weight is 549 g/mol. The zero-order valence-corrected chi connectivity index (χ0v) is 22.0. The maximum atomic E-state index is 6.31. The molecule has 0 saturated carbocycles. The normalized spacial score (nSPS) is 11.8. The van der Waals surface area contributed by atoms with Gasteiger partial charge in [0.2, 0.25) is 0 Å². The molecule has 0 aliphatic heterocycles. The van der Waals surface area contributed by atoms with Gasteiger partial charge in [0.25, 0.3) is 0 Å². The van der Waals surface area contributed by atoms with Crippen molar-refractivity contribution < 1.29 is 4.42 Å². The predicted octanol–water partition coefficient (Wildman–Crippen LogP) is 11.1. The van der Waals surface area contributed by atoms with Gasteiger partial charge in [-0.15, -0.1) is 0 Å². The van der Waals surface area contributed by atoms with Crippen molar-refractivity contribution in [2.75, 3.05) is 0 Å². The molecule has 8 rings (SSSR count). The highest BCUT2D eigenvalue weighted by atomic mass is 79.9. The predicted molar refractivity (Wildman–Crippen MR) is 165 cm³/mol. The summed E-state index contributed by atoms with van der Waals surface area (Å²) in [6.45, 7) is 0. The van der Waals surface area contributed by atoms with E-state index in [1.54, 1.807) is 0 Å². The number of benzene rings is 7. The topological polar surface area (TPSA) is 13.1 Å². The molecule has 0 aliphatic carbocycles. The van der Waals surface area contributed by atoms with Gasteiger partial charge in [0, 0.05) is 15.2 Å². The zero-order valence-electron chi connectivity index (χ0n) is 20.4. The summed E-state index contributed by atoms with van der Waals surface area (Å²) in [6, 6.07) is 45.7. The third-order valence-corrected chi connectivity index (χ3v) is 8.19. The molecule has 0 fully saturated rings. The van der Waals surface area contributed by atoms with Crippen LogP contribution >= 0.6 is 15.9 Å². The van der Waals surface area contributed by atoms with Crippen LogP contribution in [0.1, 0.15) is 0 Å². The summed E-state index contributed by atoms with van der Waals surface area (Å²) in [4.78, 5) is 0. The molecule has 8 aromatic rings. The minimum Gasteiger partial charge on any atom is -0.456 e. The number of hydrogen-bond donors (Lipinski definition) is 0. The van der Waals surface area contributed by atoms with E-state index in [0.29, 0.717) is 0 Å². The quantitative estimate of drug-likeness (QED) is 0.196. The maximum absolute atomic E-state index is 6.31. The molecule has 0 N–H and O–H groups in total. The monoisotopic (exact) mass is 548 g/mol. The molecular weight excluding hydrogens is 528 g/mol. The second kappa shape index (κ2) is 8.31. The molecule has 2 heteroatoms. The third kappa shape index (κ3) is 3.17. The first kappa shape index (κ1) is 21.7. The molecule has 178 valence electrons. The molecule has 0 amide bonds. The van der Waals surface area contributed by atoms with Crippen molar-refractivity contribution in [1.29, 1.82) is 0 Å². The lowest BCUT2D eigenvalue weighted by atomic mass is 9.84. The molecule has 0 spiro atoms. The first-order chi connectivity index (χ1) is 18.8. The van der Waals surface area contributed by atoms with Gasteiger partial charge in [0.1, 0.15) is 11.2 Å². The van der Waals surface area contributed by atoms with Gasteiger partial charge in [-0.2, -0.15) is 0 Å². The number of furan rings is 1.